The van der Waals surface area contributed by atoms with Gasteiger partial charge in [0.15, 0.2) is 0 Å². The molecule has 0 aliphatic carbocycles. The van der Waals surface area contributed by atoms with E-state index < -0.39 is 5.97 Å². The molecular weight excluding hydrogens is 316 g/mol. The summed E-state index contributed by atoms with van der Waals surface area (Å²) in [5.41, 5.74) is 0.118. The maximum Gasteiger partial charge on any atom is 0.337 e. The molecule has 0 bridgehead atoms. The molecule has 2 rings (SSSR count). The summed E-state index contributed by atoms with van der Waals surface area (Å²) in [6.45, 7) is 3.80. The van der Waals surface area contributed by atoms with Crippen molar-refractivity contribution in [2.45, 2.75) is 0 Å². The summed E-state index contributed by atoms with van der Waals surface area (Å²) in [5, 5.41) is 9.43. The lowest BCUT2D eigenvalue weighted by Crippen LogP contribution is -2.32. The maximum atomic E-state index is 11.0. The van der Waals surface area contributed by atoms with Crippen LogP contribution in [-0.2, 0) is 0 Å². The lowest BCUT2D eigenvalue weighted by atomic mass is 9.95. The minimum atomic E-state index is -1.01. The van der Waals surface area contributed by atoms with Crippen LogP contribution in [-0.4, -0.2) is 80.2 Å². The molecule has 1 N–H and O–H groups in total. The second-order valence-corrected chi connectivity index (χ2v) is 7.19. The van der Waals surface area contributed by atoms with Crippen molar-refractivity contribution in [3.05, 3.63) is 22.8 Å². The fraction of sp³-hybridized carbons (Fsp3) is 0.625. The van der Waals surface area contributed by atoms with E-state index in [0.717, 1.165) is 26.2 Å². The van der Waals surface area contributed by atoms with Crippen molar-refractivity contribution in [2.24, 2.45) is 11.8 Å². The molecule has 0 saturated carbocycles. The van der Waals surface area contributed by atoms with Gasteiger partial charge < -0.3 is 19.8 Å². The van der Waals surface area contributed by atoms with E-state index in [1.54, 1.807) is 0 Å². The summed E-state index contributed by atoms with van der Waals surface area (Å²) in [4.78, 5) is 21.9. The van der Waals surface area contributed by atoms with Crippen LogP contribution in [0, 0.1) is 11.8 Å². The van der Waals surface area contributed by atoms with Gasteiger partial charge in [-0.3, -0.25) is 0 Å². The molecule has 0 spiro atoms. The van der Waals surface area contributed by atoms with Crippen molar-refractivity contribution < 1.29 is 9.90 Å². The lowest BCUT2D eigenvalue weighted by molar-refractivity contribution is 0.0696. The van der Waals surface area contributed by atoms with Gasteiger partial charge in [-0.1, -0.05) is 11.6 Å². The first-order valence-electron chi connectivity index (χ1n) is 7.71. The summed E-state index contributed by atoms with van der Waals surface area (Å²) in [6, 6.07) is 1.48. The van der Waals surface area contributed by atoms with Gasteiger partial charge in [0.1, 0.15) is 5.82 Å². The molecule has 1 saturated heterocycles. The average Bonchev–Trinajstić information content (AvgIpc) is 2.79. The summed E-state index contributed by atoms with van der Waals surface area (Å²) in [7, 11) is 8.34. The van der Waals surface area contributed by atoms with E-state index in [4.69, 9.17) is 16.7 Å². The predicted octanol–water partition coefficient (Wildman–Crippen LogP) is 1.61. The first-order valence-corrected chi connectivity index (χ1v) is 8.09. The molecule has 2 heterocycles. The number of aromatic nitrogens is 1. The zero-order valence-electron chi connectivity index (χ0n) is 14.2. The Bertz CT molecular complexity index is 547. The maximum absolute atomic E-state index is 11.0. The Kier molecular flexibility index (Phi) is 5.84. The van der Waals surface area contributed by atoms with Crippen LogP contribution in [0.15, 0.2) is 12.3 Å². The molecule has 0 amide bonds. The third-order valence-corrected chi connectivity index (χ3v) is 4.42. The first kappa shape index (κ1) is 18.0. The first-order chi connectivity index (χ1) is 10.8. The fourth-order valence-corrected chi connectivity index (χ4v) is 3.53. The number of carboxylic acids is 1. The van der Waals surface area contributed by atoms with Gasteiger partial charge in [0.2, 0.25) is 0 Å². The zero-order chi connectivity index (χ0) is 17.1. The number of pyridine rings is 1. The van der Waals surface area contributed by atoms with E-state index in [0.29, 0.717) is 22.7 Å². The highest BCUT2D eigenvalue weighted by molar-refractivity contribution is 6.33. The topological polar surface area (TPSA) is 59.9 Å². The van der Waals surface area contributed by atoms with Crippen LogP contribution in [0.4, 0.5) is 5.82 Å². The van der Waals surface area contributed by atoms with Crippen molar-refractivity contribution in [1.29, 1.82) is 0 Å². The van der Waals surface area contributed by atoms with Gasteiger partial charge in [-0.15, -0.1) is 0 Å². The van der Waals surface area contributed by atoms with Crippen LogP contribution in [0.1, 0.15) is 10.4 Å². The standard InChI is InChI=1S/C16H25ClN4O2/c1-19(2)7-12-9-21(10-13(12)8-20(3)4)15-14(17)5-11(6-18-15)16(22)23/h5-6,12-13H,7-10H2,1-4H3,(H,22,23)/t12-,13-/m1/s1. The number of nitrogens with zero attached hydrogens (tertiary/aromatic N) is 4. The van der Waals surface area contributed by atoms with Crippen molar-refractivity contribution in [1.82, 2.24) is 14.8 Å². The molecule has 0 unspecified atom stereocenters. The van der Waals surface area contributed by atoms with Gasteiger partial charge in [0.05, 0.1) is 10.6 Å². The molecule has 1 fully saturated rings. The van der Waals surface area contributed by atoms with Gasteiger partial charge in [0.25, 0.3) is 0 Å². The Morgan fingerprint density at radius 1 is 1.26 bits per heavy atom. The highest BCUT2D eigenvalue weighted by atomic mass is 35.5. The normalized spacial score (nSPS) is 21.4. The number of hydrogen-bond donors (Lipinski definition) is 1. The highest BCUT2D eigenvalue weighted by Crippen LogP contribution is 2.32. The predicted molar refractivity (Wildman–Crippen MR) is 92.5 cm³/mol. The monoisotopic (exact) mass is 340 g/mol. The fourth-order valence-electron chi connectivity index (χ4n) is 3.24. The number of halogens is 1. The minimum absolute atomic E-state index is 0.118. The quantitative estimate of drug-likeness (QED) is 0.849. The van der Waals surface area contributed by atoms with E-state index in [1.807, 2.05) is 0 Å². The summed E-state index contributed by atoms with van der Waals surface area (Å²) in [6.07, 6.45) is 1.38. The SMILES string of the molecule is CN(C)C[C@@H]1CN(c2ncc(C(=O)O)cc2Cl)C[C@H]1CN(C)C. The Balaban J connectivity index is 2.18. The highest BCUT2D eigenvalue weighted by Gasteiger charge is 2.34. The van der Waals surface area contributed by atoms with Gasteiger partial charge in [-0.2, -0.15) is 0 Å². The number of aromatic carboxylic acids is 1. The van der Waals surface area contributed by atoms with Crippen LogP contribution >= 0.6 is 11.6 Å². The van der Waals surface area contributed by atoms with Crippen LogP contribution < -0.4 is 4.90 Å². The number of hydrogen-bond acceptors (Lipinski definition) is 5. The van der Waals surface area contributed by atoms with Crippen LogP contribution in [0.25, 0.3) is 0 Å². The Morgan fingerprint density at radius 2 is 1.78 bits per heavy atom. The van der Waals surface area contributed by atoms with E-state index in [9.17, 15) is 4.79 Å². The van der Waals surface area contributed by atoms with E-state index in [2.05, 4.69) is 47.9 Å². The Hall–Kier alpha value is -1.37. The third-order valence-electron chi connectivity index (χ3n) is 4.14. The molecule has 6 nitrogen and oxygen atoms in total. The van der Waals surface area contributed by atoms with E-state index in [1.165, 1.54) is 12.3 Å². The molecule has 1 aliphatic rings. The molecule has 2 atom stereocenters. The molecule has 23 heavy (non-hydrogen) atoms. The van der Waals surface area contributed by atoms with Crippen molar-refractivity contribution in [3.63, 3.8) is 0 Å². The summed E-state index contributed by atoms with van der Waals surface area (Å²) >= 11 is 6.27. The molecule has 0 radical (unpaired) electrons. The molecular formula is C16H25ClN4O2. The van der Waals surface area contributed by atoms with Gasteiger partial charge in [-0.25, -0.2) is 9.78 Å². The summed E-state index contributed by atoms with van der Waals surface area (Å²) in [5.74, 6) is 0.735. The zero-order valence-corrected chi connectivity index (χ0v) is 14.9. The Morgan fingerprint density at radius 3 is 2.17 bits per heavy atom. The van der Waals surface area contributed by atoms with E-state index >= 15 is 0 Å². The molecule has 128 valence electrons. The average molecular weight is 341 g/mol. The molecule has 1 aliphatic heterocycles. The van der Waals surface area contributed by atoms with Crippen LogP contribution in [0.3, 0.4) is 0 Å². The third kappa shape index (κ3) is 4.56. The van der Waals surface area contributed by atoms with Crippen molar-refractivity contribution >= 4 is 23.4 Å². The van der Waals surface area contributed by atoms with Gasteiger partial charge >= 0.3 is 5.97 Å². The molecule has 1 aromatic rings. The van der Waals surface area contributed by atoms with Crippen LogP contribution in [0.5, 0.6) is 0 Å². The summed E-state index contributed by atoms with van der Waals surface area (Å²) < 4.78 is 0. The van der Waals surface area contributed by atoms with Crippen molar-refractivity contribution in [2.75, 3.05) is 59.3 Å². The number of rotatable bonds is 6. The second kappa shape index (κ2) is 7.47. The number of carboxylic acid groups (broad SMARTS) is 1. The van der Waals surface area contributed by atoms with Crippen molar-refractivity contribution in [3.8, 4) is 0 Å². The number of carbonyl (C=O) groups is 1. The second-order valence-electron chi connectivity index (χ2n) is 6.78. The van der Waals surface area contributed by atoms with E-state index in [-0.39, 0.29) is 5.56 Å². The minimum Gasteiger partial charge on any atom is -0.478 e. The van der Waals surface area contributed by atoms with Gasteiger partial charge in [0, 0.05) is 32.4 Å². The molecule has 0 aromatic carbocycles. The largest absolute Gasteiger partial charge is 0.478 e. The smallest absolute Gasteiger partial charge is 0.337 e. The lowest BCUT2D eigenvalue weighted by Gasteiger charge is -2.24. The Labute approximate surface area is 142 Å². The molecule has 1 aromatic heterocycles. The van der Waals surface area contributed by atoms with Crippen LogP contribution in [0.2, 0.25) is 5.02 Å². The number of anilines is 1. The molecule has 7 heteroatoms. The van der Waals surface area contributed by atoms with Gasteiger partial charge in [-0.05, 0) is 46.1 Å².